The maximum atomic E-state index is 13.5. The van der Waals surface area contributed by atoms with E-state index in [0.717, 1.165) is 11.1 Å². The summed E-state index contributed by atoms with van der Waals surface area (Å²) in [5.74, 6) is -1.41. The summed E-state index contributed by atoms with van der Waals surface area (Å²) in [6.45, 7) is 3.44. The smallest absolute Gasteiger partial charge is 0.343 e. The van der Waals surface area contributed by atoms with Crippen molar-refractivity contribution in [2.75, 3.05) is 13.7 Å². The normalized spacial score (nSPS) is 10.7. The Morgan fingerprint density at radius 2 is 1.43 bits per heavy atom. The van der Waals surface area contributed by atoms with E-state index < -0.39 is 23.5 Å². The lowest BCUT2D eigenvalue weighted by Gasteiger charge is -2.25. The van der Waals surface area contributed by atoms with Crippen LogP contribution in [0.3, 0.4) is 0 Å². The molecule has 0 saturated heterocycles. The molecule has 0 saturated carbocycles. The average Bonchev–Trinajstić information content (AvgIpc) is 2.77. The lowest BCUT2D eigenvalue weighted by molar-refractivity contribution is 0.0523. The average molecular weight is 405 g/mol. The summed E-state index contributed by atoms with van der Waals surface area (Å²) in [4.78, 5) is 38.4. The SMILES string of the molecule is CCOC(=O)c1cc(C(=O)OC)c(C)n(C(c2ccccc2)c2ccccc2)c1=O. The predicted octanol–water partition coefficient (Wildman–Crippen LogP) is 3.76. The Morgan fingerprint density at radius 1 is 0.900 bits per heavy atom. The molecule has 1 aromatic heterocycles. The highest BCUT2D eigenvalue weighted by Crippen LogP contribution is 2.28. The van der Waals surface area contributed by atoms with E-state index in [2.05, 4.69) is 0 Å². The number of nitrogens with zero attached hydrogens (tertiary/aromatic N) is 1. The second-order valence-corrected chi connectivity index (χ2v) is 6.67. The quantitative estimate of drug-likeness (QED) is 0.584. The fourth-order valence-electron chi connectivity index (χ4n) is 3.47. The number of carbonyl (C=O) groups excluding carboxylic acids is 2. The van der Waals surface area contributed by atoms with E-state index in [1.807, 2.05) is 60.7 Å². The molecule has 0 aliphatic rings. The van der Waals surface area contributed by atoms with E-state index in [9.17, 15) is 14.4 Å². The third-order valence-electron chi connectivity index (χ3n) is 4.88. The number of hydrogen-bond donors (Lipinski definition) is 0. The van der Waals surface area contributed by atoms with Gasteiger partial charge in [0, 0.05) is 5.69 Å². The molecule has 30 heavy (non-hydrogen) atoms. The number of carbonyl (C=O) groups is 2. The maximum Gasteiger partial charge on any atom is 0.343 e. The molecule has 0 aliphatic heterocycles. The van der Waals surface area contributed by atoms with Crippen LogP contribution in [-0.2, 0) is 9.47 Å². The molecule has 0 fully saturated rings. The van der Waals surface area contributed by atoms with Crippen LogP contribution >= 0.6 is 0 Å². The minimum absolute atomic E-state index is 0.112. The Hall–Kier alpha value is -3.67. The molecular formula is C24H23NO5. The van der Waals surface area contributed by atoms with Crippen LogP contribution in [0.4, 0.5) is 0 Å². The molecule has 0 radical (unpaired) electrons. The topological polar surface area (TPSA) is 74.6 Å². The van der Waals surface area contributed by atoms with Crippen LogP contribution in [0.5, 0.6) is 0 Å². The van der Waals surface area contributed by atoms with Gasteiger partial charge in [-0.1, -0.05) is 60.7 Å². The van der Waals surface area contributed by atoms with E-state index in [4.69, 9.17) is 9.47 Å². The fraction of sp³-hybridized carbons (Fsp3) is 0.208. The molecule has 6 heteroatoms. The lowest BCUT2D eigenvalue weighted by atomic mass is 9.96. The summed E-state index contributed by atoms with van der Waals surface area (Å²) in [6.07, 6.45) is 0. The Morgan fingerprint density at radius 3 is 1.90 bits per heavy atom. The largest absolute Gasteiger partial charge is 0.465 e. The number of methoxy groups -OCH3 is 1. The third kappa shape index (κ3) is 4.03. The van der Waals surface area contributed by atoms with Gasteiger partial charge >= 0.3 is 11.9 Å². The highest BCUT2D eigenvalue weighted by atomic mass is 16.5. The summed E-state index contributed by atoms with van der Waals surface area (Å²) < 4.78 is 11.4. The van der Waals surface area contributed by atoms with E-state index >= 15 is 0 Å². The van der Waals surface area contributed by atoms with Crippen molar-refractivity contribution >= 4 is 11.9 Å². The molecule has 0 unspecified atom stereocenters. The van der Waals surface area contributed by atoms with Crippen molar-refractivity contribution in [3.63, 3.8) is 0 Å². The fourth-order valence-corrected chi connectivity index (χ4v) is 3.47. The molecule has 0 aliphatic carbocycles. The Bertz CT molecular complexity index is 1060. The van der Waals surface area contributed by atoms with E-state index in [1.54, 1.807) is 13.8 Å². The van der Waals surface area contributed by atoms with Crippen molar-refractivity contribution in [1.82, 2.24) is 4.57 Å². The number of ether oxygens (including phenoxy) is 2. The number of rotatable bonds is 6. The molecule has 0 amide bonds. The van der Waals surface area contributed by atoms with Gasteiger partial charge in [0.25, 0.3) is 5.56 Å². The van der Waals surface area contributed by atoms with Gasteiger partial charge in [0.15, 0.2) is 0 Å². The lowest BCUT2D eigenvalue weighted by Crippen LogP contribution is -2.34. The van der Waals surface area contributed by atoms with Gasteiger partial charge in [-0.25, -0.2) is 9.59 Å². The molecule has 0 spiro atoms. The predicted molar refractivity (Wildman–Crippen MR) is 113 cm³/mol. The number of esters is 2. The highest BCUT2D eigenvalue weighted by molar-refractivity contribution is 5.95. The minimum atomic E-state index is -0.777. The molecule has 154 valence electrons. The van der Waals surface area contributed by atoms with Crippen LogP contribution in [-0.4, -0.2) is 30.2 Å². The third-order valence-corrected chi connectivity index (χ3v) is 4.88. The minimum Gasteiger partial charge on any atom is -0.465 e. The zero-order valence-corrected chi connectivity index (χ0v) is 17.1. The van der Waals surface area contributed by atoms with Crippen LogP contribution in [0, 0.1) is 6.92 Å². The highest BCUT2D eigenvalue weighted by Gasteiger charge is 2.27. The van der Waals surface area contributed by atoms with Crippen LogP contribution in [0.25, 0.3) is 0 Å². The first-order valence-corrected chi connectivity index (χ1v) is 9.61. The molecular weight excluding hydrogens is 382 g/mol. The van der Waals surface area contributed by atoms with Crippen LogP contribution in [0.15, 0.2) is 71.5 Å². The molecule has 2 aromatic carbocycles. The summed E-state index contributed by atoms with van der Waals surface area (Å²) in [7, 11) is 1.26. The second-order valence-electron chi connectivity index (χ2n) is 6.67. The molecule has 6 nitrogen and oxygen atoms in total. The van der Waals surface area contributed by atoms with Crippen LogP contribution < -0.4 is 5.56 Å². The first kappa shape index (κ1) is 21.0. The summed E-state index contributed by atoms with van der Waals surface area (Å²) in [5.41, 5.74) is 1.47. The second kappa shape index (κ2) is 9.22. The van der Waals surface area contributed by atoms with Crippen molar-refractivity contribution in [2.45, 2.75) is 19.9 Å². The zero-order valence-electron chi connectivity index (χ0n) is 17.1. The van der Waals surface area contributed by atoms with E-state index in [-0.39, 0.29) is 17.7 Å². The van der Waals surface area contributed by atoms with Crippen molar-refractivity contribution < 1.29 is 19.1 Å². The van der Waals surface area contributed by atoms with Crippen molar-refractivity contribution in [2.24, 2.45) is 0 Å². The molecule has 0 atom stereocenters. The van der Waals surface area contributed by atoms with E-state index in [1.165, 1.54) is 17.7 Å². The van der Waals surface area contributed by atoms with Crippen molar-refractivity contribution in [3.05, 3.63) is 105 Å². The molecule has 0 N–H and O–H groups in total. The van der Waals surface area contributed by atoms with Gasteiger partial charge < -0.3 is 9.47 Å². The molecule has 3 rings (SSSR count). The zero-order chi connectivity index (χ0) is 21.7. The maximum absolute atomic E-state index is 13.5. The van der Waals surface area contributed by atoms with Gasteiger partial charge in [-0.3, -0.25) is 9.36 Å². The van der Waals surface area contributed by atoms with Crippen molar-refractivity contribution in [3.8, 4) is 0 Å². The van der Waals surface area contributed by atoms with Gasteiger partial charge in [-0.05, 0) is 31.0 Å². The van der Waals surface area contributed by atoms with Crippen LogP contribution in [0.2, 0.25) is 0 Å². The Balaban J connectivity index is 2.37. The van der Waals surface area contributed by atoms with Crippen molar-refractivity contribution in [1.29, 1.82) is 0 Å². The number of pyridine rings is 1. The first-order chi connectivity index (χ1) is 14.5. The summed E-state index contributed by atoms with van der Waals surface area (Å²) in [5, 5.41) is 0. The number of aromatic nitrogens is 1. The van der Waals surface area contributed by atoms with Gasteiger partial charge in [-0.15, -0.1) is 0 Å². The summed E-state index contributed by atoms with van der Waals surface area (Å²) in [6, 6.07) is 19.6. The summed E-state index contributed by atoms with van der Waals surface area (Å²) >= 11 is 0. The number of hydrogen-bond acceptors (Lipinski definition) is 5. The van der Waals surface area contributed by atoms with Gasteiger partial charge in [-0.2, -0.15) is 0 Å². The van der Waals surface area contributed by atoms with Gasteiger partial charge in [0.05, 0.1) is 25.3 Å². The number of benzene rings is 2. The van der Waals surface area contributed by atoms with Gasteiger partial charge in [0.2, 0.25) is 0 Å². The monoisotopic (exact) mass is 405 g/mol. The standard InChI is InChI=1S/C24H23NO5/c1-4-30-24(28)20-15-19(23(27)29-3)16(2)25(22(20)26)21(17-11-7-5-8-12-17)18-13-9-6-10-14-18/h5-15,21H,4H2,1-3H3. The Kier molecular flexibility index (Phi) is 6.47. The molecule has 1 heterocycles. The molecule has 0 bridgehead atoms. The van der Waals surface area contributed by atoms with Crippen LogP contribution in [0.1, 0.15) is 50.5 Å². The van der Waals surface area contributed by atoms with Gasteiger partial charge in [0.1, 0.15) is 5.56 Å². The molecule has 3 aromatic rings. The first-order valence-electron chi connectivity index (χ1n) is 9.61. The Labute approximate surface area is 174 Å². The van der Waals surface area contributed by atoms with E-state index in [0.29, 0.717) is 5.69 Å².